The maximum absolute atomic E-state index is 11.8. The average molecular weight is 507 g/mol. The van der Waals surface area contributed by atoms with Crippen molar-refractivity contribution in [1.29, 1.82) is 0 Å². The summed E-state index contributed by atoms with van der Waals surface area (Å²) in [7, 11) is -9.42. The van der Waals surface area contributed by atoms with E-state index in [0.29, 0.717) is 17.5 Å². The standard InChI is InChI=1S/C17H27N5O9P2/c23-14-12(8-30-33(28,29)9-32(25,26)27)31-17(15(14)24)21-13-5-6-18-16-11(7-19-22(13)16)20-10-3-1-2-4-10/h5-7,10,12,14-15,17,20-21,23-24H,1-4,8-9H2,(H,28,29)(H2,25,26,27)/t12?,14-,15-,17-/m1/s1. The van der Waals surface area contributed by atoms with Gasteiger partial charge in [-0.15, -0.1) is 0 Å². The summed E-state index contributed by atoms with van der Waals surface area (Å²) in [6.07, 6.45) is 2.48. The third kappa shape index (κ3) is 5.91. The molecule has 16 heteroatoms. The molecule has 1 aliphatic heterocycles. The van der Waals surface area contributed by atoms with Crippen molar-refractivity contribution in [2.24, 2.45) is 0 Å². The van der Waals surface area contributed by atoms with E-state index in [1.165, 1.54) is 17.4 Å². The van der Waals surface area contributed by atoms with Gasteiger partial charge in [-0.25, -0.2) is 4.98 Å². The maximum Gasteiger partial charge on any atom is 0.340 e. The molecule has 2 fully saturated rings. The van der Waals surface area contributed by atoms with E-state index in [-0.39, 0.29) is 0 Å². The number of nitrogens with zero attached hydrogens (tertiary/aromatic N) is 3. The molecule has 5 atom stereocenters. The minimum atomic E-state index is -4.79. The fourth-order valence-electron chi connectivity index (χ4n) is 4.01. The summed E-state index contributed by atoms with van der Waals surface area (Å²) >= 11 is 0. The highest BCUT2D eigenvalue weighted by Gasteiger charge is 2.44. The lowest BCUT2D eigenvalue weighted by molar-refractivity contribution is -0.0110. The fraction of sp³-hybridized carbons (Fsp3) is 0.647. The Bertz CT molecular complexity index is 1070. The van der Waals surface area contributed by atoms with E-state index in [1.54, 1.807) is 18.5 Å². The first kappa shape index (κ1) is 24.5. The Balaban J connectivity index is 1.42. The SMILES string of the molecule is O=P(O)(O)CP(=O)(O)OCC1O[C@@H](Nc2ccnc3c(NC4CCCC4)cnn23)[C@H](O)[C@@H]1O. The van der Waals surface area contributed by atoms with Gasteiger partial charge >= 0.3 is 15.2 Å². The number of ether oxygens (including phenoxy) is 1. The van der Waals surface area contributed by atoms with Gasteiger partial charge in [-0.2, -0.15) is 9.61 Å². The van der Waals surface area contributed by atoms with Gasteiger partial charge in [0.1, 0.15) is 29.8 Å². The Labute approximate surface area is 188 Å². The molecule has 0 bridgehead atoms. The second-order valence-electron chi connectivity index (χ2n) is 8.21. The van der Waals surface area contributed by atoms with E-state index in [9.17, 15) is 24.2 Å². The van der Waals surface area contributed by atoms with Crippen LogP contribution in [0, 0.1) is 0 Å². The van der Waals surface area contributed by atoms with Gasteiger partial charge in [-0.1, -0.05) is 12.8 Å². The number of rotatable bonds is 9. The first-order chi connectivity index (χ1) is 15.5. The van der Waals surface area contributed by atoms with Crippen LogP contribution < -0.4 is 10.6 Å². The summed E-state index contributed by atoms with van der Waals surface area (Å²) < 4.78 is 34.5. The van der Waals surface area contributed by atoms with E-state index >= 15 is 0 Å². The van der Waals surface area contributed by atoms with Gasteiger partial charge in [0, 0.05) is 12.2 Å². The normalized spacial score (nSPS) is 28.3. The lowest BCUT2D eigenvalue weighted by Crippen LogP contribution is -2.37. The summed E-state index contributed by atoms with van der Waals surface area (Å²) in [5.74, 6) is -0.940. The summed E-state index contributed by atoms with van der Waals surface area (Å²) in [5, 5.41) is 31.3. The van der Waals surface area contributed by atoms with Crippen LogP contribution in [0.5, 0.6) is 0 Å². The first-order valence-corrected chi connectivity index (χ1v) is 14.0. The third-order valence-electron chi connectivity index (χ3n) is 5.57. The zero-order valence-corrected chi connectivity index (χ0v) is 19.3. The Kier molecular flexibility index (Phi) is 7.11. The number of hydrogen-bond acceptors (Lipinski definition) is 10. The zero-order chi connectivity index (χ0) is 23.8. The van der Waals surface area contributed by atoms with E-state index < -0.39 is 52.2 Å². The van der Waals surface area contributed by atoms with Gasteiger partial charge in [-0.05, 0) is 18.9 Å². The van der Waals surface area contributed by atoms with Crippen molar-refractivity contribution in [2.45, 2.75) is 56.3 Å². The number of aromatic nitrogens is 3. The summed E-state index contributed by atoms with van der Waals surface area (Å²) in [4.78, 5) is 31.7. The Morgan fingerprint density at radius 1 is 1.15 bits per heavy atom. The number of aliphatic hydroxyl groups excluding tert-OH is 2. The number of hydrogen-bond donors (Lipinski definition) is 7. The minimum absolute atomic E-state index is 0.361. The van der Waals surface area contributed by atoms with Crippen LogP contribution in [0.1, 0.15) is 25.7 Å². The van der Waals surface area contributed by atoms with Crippen LogP contribution in [-0.2, 0) is 18.4 Å². The van der Waals surface area contributed by atoms with Gasteiger partial charge in [0.2, 0.25) is 0 Å². The zero-order valence-electron chi connectivity index (χ0n) is 17.5. The molecule has 0 aromatic carbocycles. The molecule has 1 saturated heterocycles. The van der Waals surface area contributed by atoms with Crippen LogP contribution in [0.25, 0.3) is 5.65 Å². The molecule has 184 valence electrons. The molecule has 4 rings (SSSR count). The summed E-state index contributed by atoms with van der Waals surface area (Å²) in [6.45, 7) is -0.660. The quantitative estimate of drug-likeness (QED) is 0.228. The lowest BCUT2D eigenvalue weighted by atomic mass is 10.1. The second kappa shape index (κ2) is 9.57. The van der Waals surface area contributed by atoms with Crippen molar-refractivity contribution in [3.8, 4) is 0 Å². The van der Waals surface area contributed by atoms with Crippen LogP contribution in [0.2, 0.25) is 0 Å². The molecule has 33 heavy (non-hydrogen) atoms. The van der Waals surface area contributed by atoms with Crippen LogP contribution in [-0.4, -0.2) is 82.6 Å². The molecule has 2 aromatic rings. The van der Waals surface area contributed by atoms with Crippen molar-refractivity contribution in [2.75, 3.05) is 23.1 Å². The van der Waals surface area contributed by atoms with Gasteiger partial charge in [0.25, 0.3) is 0 Å². The maximum atomic E-state index is 11.8. The van der Waals surface area contributed by atoms with E-state index in [2.05, 4.69) is 20.7 Å². The fourth-order valence-corrected chi connectivity index (χ4v) is 6.58. The van der Waals surface area contributed by atoms with E-state index in [0.717, 1.165) is 18.5 Å². The summed E-state index contributed by atoms with van der Waals surface area (Å²) in [5.41, 5.74) is 1.34. The van der Waals surface area contributed by atoms with Gasteiger partial charge < -0.3 is 44.8 Å². The van der Waals surface area contributed by atoms with Crippen LogP contribution >= 0.6 is 15.2 Å². The Morgan fingerprint density at radius 3 is 2.58 bits per heavy atom. The largest absolute Gasteiger partial charge is 0.387 e. The second-order valence-corrected chi connectivity index (χ2v) is 12.2. The molecule has 2 aliphatic rings. The van der Waals surface area contributed by atoms with Gasteiger partial charge in [-0.3, -0.25) is 9.13 Å². The molecular formula is C17H27N5O9P2. The molecule has 1 saturated carbocycles. The smallest absolute Gasteiger partial charge is 0.340 e. The van der Waals surface area contributed by atoms with Crippen molar-refractivity contribution in [3.63, 3.8) is 0 Å². The first-order valence-electron chi connectivity index (χ1n) is 10.4. The van der Waals surface area contributed by atoms with Crippen molar-refractivity contribution >= 4 is 32.3 Å². The average Bonchev–Trinajstić information content (AvgIpc) is 3.43. The molecule has 0 amide bonds. The Hall–Kier alpha value is -1.60. The van der Waals surface area contributed by atoms with Crippen molar-refractivity contribution < 1.29 is 43.3 Å². The molecule has 3 heterocycles. The number of nitrogens with one attached hydrogen (secondary N) is 2. The molecule has 1 aliphatic carbocycles. The molecule has 7 N–H and O–H groups in total. The van der Waals surface area contributed by atoms with E-state index in [4.69, 9.17) is 19.0 Å². The van der Waals surface area contributed by atoms with Crippen molar-refractivity contribution in [1.82, 2.24) is 14.6 Å². The van der Waals surface area contributed by atoms with Gasteiger partial charge in [0.05, 0.1) is 12.8 Å². The third-order valence-corrected chi connectivity index (χ3v) is 9.03. The number of anilines is 2. The molecule has 0 spiro atoms. The predicted octanol–water partition coefficient (Wildman–Crippen LogP) is 0.280. The van der Waals surface area contributed by atoms with Crippen molar-refractivity contribution in [3.05, 3.63) is 18.5 Å². The highest BCUT2D eigenvalue weighted by Crippen LogP contribution is 2.55. The van der Waals surface area contributed by atoms with Crippen LogP contribution in [0.4, 0.5) is 11.5 Å². The van der Waals surface area contributed by atoms with Crippen LogP contribution in [0.3, 0.4) is 0 Å². The predicted molar refractivity (Wildman–Crippen MR) is 116 cm³/mol. The molecule has 14 nitrogen and oxygen atoms in total. The monoisotopic (exact) mass is 507 g/mol. The van der Waals surface area contributed by atoms with E-state index in [1.807, 2.05) is 0 Å². The van der Waals surface area contributed by atoms with Crippen LogP contribution in [0.15, 0.2) is 18.5 Å². The summed E-state index contributed by atoms with van der Waals surface area (Å²) in [6, 6.07) is 1.97. The molecule has 2 unspecified atom stereocenters. The number of aliphatic hydroxyl groups is 2. The lowest BCUT2D eigenvalue weighted by Gasteiger charge is -2.19. The highest BCUT2D eigenvalue weighted by atomic mass is 31.2. The highest BCUT2D eigenvalue weighted by molar-refractivity contribution is 7.70. The molecular weight excluding hydrogens is 480 g/mol. The number of fused-ring (bicyclic) bond motifs is 1. The Morgan fingerprint density at radius 2 is 1.88 bits per heavy atom. The molecule has 2 aromatic heterocycles. The van der Waals surface area contributed by atoms with Gasteiger partial charge in [0.15, 0.2) is 17.8 Å². The topological polar surface area (TPSA) is 208 Å². The molecule has 0 radical (unpaired) electrons. The minimum Gasteiger partial charge on any atom is -0.387 e.